The Morgan fingerprint density at radius 3 is 2.25 bits per heavy atom. The molecule has 1 aliphatic carbocycles. The van der Waals surface area contributed by atoms with E-state index in [1.54, 1.807) is 32.4 Å². The molecule has 1 amide bonds. The fourth-order valence-electron chi connectivity index (χ4n) is 1.61. The lowest BCUT2D eigenvalue weighted by atomic mass is 10.3. The summed E-state index contributed by atoms with van der Waals surface area (Å²) in [5.74, 6) is 1.40. The predicted molar refractivity (Wildman–Crippen MR) is 79.8 cm³/mol. The van der Waals surface area contributed by atoms with Crippen molar-refractivity contribution in [2.75, 3.05) is 19.5 Å². The third kappa shape index (κ3) is 3.99. The van der Waals surface area contributed by atoms with Gasteiger partial charge in [-0.2, -0.15) is 0 Å². The van der Waals surface area contributed by atoms with E-state index in [0.29, 0.717) is 22.3 Å². The summed E-state index contributed by atoms with van der Waals surface area (Å²) in [5, 5.41) is 3.25. The van der Waals surface area contributed by atoms with Gasteiger partial charge in [0.25, 0.3) is 0 Å². The first-order valence-corrected chi connectivity index (χ1v) is 6.63. The molecule has 1 fully saturated rings. The van der Waals surface area contributed by atoms with Crippen LogP contribution in [0.1, 0.15) is 12.8 Å². The molecule has 7 heteroatoms. The molecule has 0 radical (unpaired) electrons. The number of benzene rings is 1. The van der Waals surface area contributed by atoms with E-state index in [1.165, 1.54) is 0 Å². The summed E-state index contributed by atoms with van der Waals surface area (Å²) in [6.45, 7) is 0. The highest BCUT2D eigenvalue weighted by Gasteiger charge is 2.29. The van der Waals surface area contributed by atoms with Gasteiger partial charge in [-0.3, -0.25) is 15.6 Å². The second-order valence-electron chi connectivity index (χ2n) is 4.44. The zero-order valence-electron chi connectivity index (χ0n) is 11.4. The van der Waals surface area contributed by atoms with Gasteiger partial charge >= 0.3 is 0 Å². The molecule has 0 saturated heterocycles. The molecule has 2 rings (SSSR count). The molecule has 0 spiro atoms. The number of amides is 1. The maximum Gasteiger partial charge on any atom is 0.241 e. The van der Waals surface area contributed by atoms with Gasteiger partial charge in [0, 0.05) is 29.8 Å². The van der Waals surface area contributed by atoms with Crippen molar-refractivity contribution < 1.29 is 14.3 Å². The van der Waals surface area contributed by atoms with Crippen molar-refractivity contribution in [2.24, 2.45) is 5.92 Å². The van der Waals surface area contributed by atoms with Gasteiger partial charge in [0.05, 0.1) is 14.2 Å². The number of hydrazine groups is 1. The Labute approximate surface area is 122 Å². The average molecular weight is 295 g/mol. The molecule has 6 nitrogen and oxygen atoms in total. The van der Waals surface area contributed by atoms with Gasteiger partial charge in [-0.05, 0) is 25.1 Å². The Morgan fingerprint density at radius 2 is 1.75 bits per heavy atom. The van der Waals surface area contributed by atoms with Crippen LogP contribution < -0.4 is 25.6 Å². The van der Waals surface area contributed by atoms with Crippen molar-refractivity contribution in [1.29, 1.82) is 0 Å². The van der Waals surface area contributed by atoms with E-state index in [2.05, 4.69) is 16.2 Å². The maximum atomic E-state index is 11.5. The van der Waals surface area contributed by atoms with Crippen LogP contribution in [-0.4, -0.2) is 25.2 Å². The summed E-state index contributed by atoms with van der Waals surface area (Å²) in [6, 6.07) is 5.31. The van der Waals surface area contributed by atoms with Gasteiger partial charge in [-0.15, -0.1) is 0 Å². The highest BCUT2D eigenvalue weighted by molar-refractivity contribution is 7.80. The van der Waals surface area contributed by atoms with Crippen LogP contribution >= 0.6 is 12.2 Å². The first-order chi connectivity index (χ1) is 9.62. The third-order valence-electron chi connectivity index (χ3n) is 2.86. The normalized spacial score (nSPS) is 13.3. The van der Waals surface area contributed by atoms with Crippen LogP contribution in [-0.2, 0) is 4.79 Å². The Morgan fingerprint density at radius 1 is 1.15 bits per heavy atom. The van der Waals surface area contributed by atoms with Crippen LogP contribution in [0.25, 0.3) is 0 Å². The minimum Gasteiger partial charge on any atom is -0.497 e. The zero-order valence-corrected chi connectivity index (χ0v) is 12.2. The molecule has 3 N–H and O–H groups in total. The standard InChI is InChI=1S/C13H17N3O3S/c1-18-10-5-9(6-11(7-10)19-2)14-13(20)16-15-12(17)8-3-4-8/h5-8H,3-4H2,1-2H3,(H,15,17)(H2,14,16,20). The Bertz CT molecular complexity index is 495. The highest BCUT2D eigenvalue weighted by atomic mass is 32.1. The van der Waals surface area contributed by atoms with Crippen LogP contribution in [0.2, 0.25) is 0 Å². The second kappa shape index (κ2) is 6.42. The molecule has 0 bridgehead atoms. The van der Waals surface area contributed by atoms with E-state index >= 15 is 0 Å². The van der Waals surface area contributed by atoms with Crippen molar-refractivity contribution in [3.63, 3.8) is 0 Å². The molecule has 0 atom stereocenters. The van der Waals surface area contributed by atoms with Crippen LogP contribution in [0, 0.1) is 5.92 Å². The molecule has 0 aromatic heterocycles. The molecule has 0 heterocycles. The number of anilines is 1. The number of ether oxygens (including phenoxy) is 2. The summed E-state index contributed by atoms with van der Waals surface area (Å²) < 4.78 is 10.3. The number of thiocarbonyl (C=S) groups is 1. The lowest BCUT2D eigenvalue weighted by molar-refractivity contribution is -0.122. The van der Waals surface area contributed by atoms with Crippen molar-refractivity contribution in [1.82, 2.24) is 10.9 Å². The molecule has 1 aromatic rings. The molecular formula is C13H17N3O3S. The second-order valence-corrected chi connectivity index (χ2v) is 4.85. The number of hydrogen-bond acceptors (Lipinski definition) is 4. The molecule has 1 aliphatic rings. The van der Waals surface area contributed by atoms with E-state index in [9.17, 15) is 4.79 Å². The number of nitrogens with one attached hydrogen (secondary N) is 3. The zero-order chi connectivity index (χ0) is 14.5. The topological polar surface area (TPSA) is 71.6 Å². The minimum atomic E-state index is -0.0302. The largest absolute Gasteiger partial charge is 0.497 e. The number of rotatable bonds is 4. The average Bonchev–Trinajstić information content (AvgIpc) is 3.28. The Balaban J connectivity index is 1.90. The molecule has 0 aliphatic heterocycles. The number of methoxy groups -OCH3 is 2. The summed E-state index contributed by atoms with van der Waals surface area (Å²) in [5.41, 5.74) is 5.94. The van der Waals surface area contributed by atoms with Crippen LogP contribution in [0.5, 0.6) is 11.5 Å². The van der Waals surface area contributed by atoms with Crippen LogP contribution in [0.4, 0.5) is 5.69 Å². The highest BCUT2D eigenvalue weighted by Crippen LogP contribution is 2.28. The van der Waals surface area contributed by atoms with Crippen LogP contribution in [0.15, 0.2) is 18.2 Å². The first-order valence-electron chi connectivity index (χ1n) is 6.22. The number of carbonyl (C=O) groups excluding carboxylic acids is 1. The molecular weight excluding hydrogens is 278 g/mol. The lowest BCUT2D eigenvalue weighted by Gasteiger charge is -2.13. The van der Waals surface area contributed by atoms with E-state index in [0.717, 1.165) is 12.8 Å². The lowest BCUT2D eigenvalue weighted by Crippen LogP contribution is -2.44. The minimum absolute atomic E-state index is 0.0302. The summed E-state index contributed by atoms with van der Waals surface area (Å²) in [6.07, 6.45) is 1.89. The van der Waals surface area contributed by atoms with Gasteiger partial charge in [-0.1, -0.05) is 0 Å². The fraction of sp³-hybridized carbons (Fsp3) is 0.385. The van der Waals surface area contributed by atoms with Crippen molar-refractivity contribution >= 4 is 28.9 Å². The number of hydrogen-bond donors (Lipinski definition) is 3. The van der Waals surface area contributed by atoms with Crippen molar-refractivity contribution in [2.45, 2.75) is 12.8 Å². The summed E-state index contributed by atoms with van der Waals surface area (Å²) >= 11 is 5.10. The van der Waals surface area contributed by atoms with Crippen molar-refractivity contribution in [3.8, 4) is 11.5 Å². The molecule has 1 saturated carbocycles. The third-order valence-corrected chi connectivity index (χ3v) is 3.06. The van der Waals surface area contributed by atoms with E-state index in [1.807, 2.05) is 0 Å². The van der Waals surface area contributed by atoms with E-state index < -0.39 is 0 Å². The Hall–Kier alpha value is -2.02. The SMILES string of the molecule is COc1cc(NC(=S)NNC(=O)C2CC2)cc(OC)c1. The van der Waals surface area contributed by atoms with Crippen molar-refractivity contribution in [3.05, 3.63) is 18.2 Å². The van der Waals surface area contributed by atoms with Gasteiger partial charge in [0.2, 0.25) is 5.91 Å². The van der Waals surface area contributed by atoms with Gasteiger partial charge in [0.15, 0.2) is 5.11 Å². The number of carbonyl (C=O) groups is 1. The van der Waals surface area contributed by atoms with Gasteiger partial charge < -0.3 is 14.8 Å². The molecule has 1 aromatic carbocycles. The molecule has 108 valence electrons. The van der Waals surface area contributed by atoms with E-state index in [4.69, 9.17) is 21.7 Å². The molecule has 0 unspecified atom stereocenters. The Kier molecular flexibility index (Phi) is 4.62. The van der Waals surface area contributed by atoms with Crippen LogP contribution in [0.3, 0.4) is 0 Å². The maximum absolute atomic E-state index is 11.5. The first kappa shape index (κ1) is 14.4. The summed E-state index contributed by atoms with van der Waals surface area (Å²) in [7, 11) is 3.15. The quantitative estimate of drug-likeness (QED) is 0.576. The van der Waals surface area contributed by atoms with E-state index in [-0.39, 0.29) is 11.8 Å². The van der Waals surface area contributed by atoms with Gasteiger partial charge in [-0.25, -0.2) is 0 Å². The predicted octanol–water partition coefficient (Wildman–Crippen LogP) is 1.43. The van der Waals surface area contributed by atoms with Gasteiger partial charge in [0.1, 0.15) is 11.5 Å². The monoisotopic (exact) mass is 295 g/mol. The fourth-order valence-corrected chi connectivity index (χ4v) is 1.78. The summed E-state index contributed by atoms with van der Waals surface area (Å²) in [4.78, 5) is 11.5. The smallest absolute Gasteiger partial charge is 0.241 e. The molecule has 20 heavy (non-hydrogen) atoms.